The van der Waals surface area contributed by atoms with Crippen molar-refractivity contribution in [3.05, 3.63) is 76.1 Å². The molecule has 0 amide bonds. The first-order valence-corrected chi connectivity index (χ1v) is 10.1. The maximum atomic E-state index is 6.38. The van der Waals surface area contributed by atoms with E-state index in [1.807, 2.05) is 42.5 Å². The molecule has 4 aromatic rings. The lowest BCUT2D eigenvalue weighted by Gasteiger charge is -2.10. The van der Waals surface area contributed by atoms with Crippen molar-refractivity contribution in [1.29, 1.82) is 0 Å². The van der Waals surface area contributed by atoms with Gasteiger partial charge in [0, 0.05) is 17.0 Å². The third-order valence-corrected chi connectivity index (χ3v) is 5.60. The van der Waals surface area contributed by atoms with Crippen molar-refractivity contribution < 1.29 is 18.6 Å². The summed E-state index contributed by atoms with van der Waals surface area (Å²) in [5, 5.41) is 2.26. The van der Waals surface area contributed by atoms with Crippen LogP contribution >= 0.6 is 23.2 Å². The minimum atomic E-state index is 0.383. The van der Waals surface area contributed by atoms with Crippen molar-refractivity contribution in [2.45, 2.75) is 0 Å². The van der Waals surface area contributed by atoms with Gasteiger partial charge in [0.2, 0.25) is 0 Å². The van der Waals surface area contributed by atoms with E-state index in [-0.39, 0.29) is 0 Å². The Hall–Kier alpha value is -3.15. The topological polar surface area (TPSA) is 53.2 Å². The molecular weight excluding hydrogens is 437 g/mol. The Bertz CT molecular complexity index is 1330. The van der Waals surface area contributed by atoms with Crippen LogP contribution in [0.15, 0.2) is 70.1 Å². The van der Waals surface area contributed by atoms with Crippen LogP contribution < -0.4 is 19.6 Å². The molecular formula is C24H19Cl2NO4. The van der Waals surface area contributed by atoms with Gasteiger partial charge in [-0.2, -0.15) is 0 Å². The Labute approximate surface area is 189 Å². The standard InChI is InChI=1S/C24H19Cl2NO4/c1-28-15-8-10-20-16(12-15)19(27-18-6-4-5-17(25)24(18)26)13-22(31-20)14-7-9-21(29-2)23(11-14)30-3/h4-13H,1-3H3. The van der Waals surface area contributed by atoms with Crippen LogP contribution in [0.3, 0.4) is 0 Å². The molecule has 7 heteroatoms. The van der Waals surface area contributed by atoms with Crippen molar-refractivity contribution in [2.24, 2.45) is 4.99 Å². The maximum Gasteiger partial charge on any atom is 0.161 e. The third kappa shape index (κ3) is 4.20. The fourth-order valence-electron chi connectivity index (χ4n) is 3.21. The van der Waals surface area contributed by atoms with Crippen LogP contribution in [0.25, 0.3) is 22.3 Å². The second kappa shape index (κ2) is 8.92. The van der Waals surface area contributed by atoms with Gasteiger partial charge in [0.25, 0.3) is 0 Å². The van der Waals surface area contributed by atoms with Crippen LogP contribution in [0, 0.1) is 0 Å². The Balaban J connectivity index is 2.00. The number of methoxy groups -OCH3 is 3. The fourth-order valence-corrected chi connectivity index (χ4v) is 3.55. The van der Waals surface area contributed by atoms with Crippen molar-refractivity contribution in [3.8, 4) is 28.6 Å². The Kier molecular flexibility index (Phi) is 6.07. The summed E-state index contributed by atoms with van der Waals surface area (Å²) in [4.78, 5) is 4.78. The van der Waals surface area contributed by atoms with E-state index in [1.165, 1.54) is 0 Å². The van der Waals surface area contributed by atoms with Gasteiger partial charge < -0.3 is 18.6 Å². The molecule has 0 N–H and O–H groups in total. The summed E-state index contributed by atoms with van der Waals surface area (Å²) in [6.45, 7) is 0. The van der Waals surface area contributed by atoms with E-state index in [9.17, 15) is 0 Å². The van der Waals surface area contributed by atoms with Crippen LogP contribution in [0.1, 0.15) is 0 Å². The quantitative estimate of drug-likeness (QED) is 0.337. The van der Waals surface area contributed by atoms with Gasteiger partial charge in [0.15, 0.2) is 11.5 Å². The fraction of sp³-hybridized carbons (Fsp3) is 0.125. The first-order chi connectivity index (χ1) is 15.0. The van der Waals surface area contributed by atoms with Gasteiger partial charge in [0.05, 0.1) is 42.4 Å². The SMILES string of the molecule is COc1ccc2oc(-c3ccc(OC)c(OC)c3)cc(=Nc3cccc(Cl)c3Cl)c2c1. The van der Waals surface area contributed by atoms with Crippen LogP contribution in [0.4, 0.5) is 5.69 Å². The average Bonchev–Trinajstić information content (AvgIpc) is 2.81. The lowest BCUT2D eigenvalue weighted by molar-refractivity contribution is 0.355. The van der Waals surface area contributed by atoms with Gasteiger partial charge in [-0.1, -0.05) is 29.3 Å². The van der Waals surface area contributed by atoms with Gasteiger partial charge in [-0.25, -0.2) is 4.99 Å². The van der Waals surface area contributed by atoms with E-state index in [0.717, 1.165) is 10.9 Å². The Morgan fingerprint density at radius 2 is 1.61 bits per heavy atom. The molecule has 1 heterocycles. The minimum Gasteiger partial charge on any atom is -0.497 e. The van der Waals surface area contributed by atoms with Gasteiger partial charge in [0.1, 0.15) is 17.1 Å². The molecule has 31 heavy (non-hydrogen) atoms. The number of nitrogens with zero attached hydrogens (tertiary/aromatic N) is 1. The molecule has 0 aliphatic heterocycles. The van der Waals surface area contributed by atoms with Gasteiger partial charge >= 0.3 is 0 Å². The molecule has 0 bridgehead atoms. The summed E-state index contributed by atoms with van der Waals surface area (Å²) in [5.74, 6) is 2.53. The molecule has 1 aromatic heterocycles. The molecule has 0 atom stereocenters. The summed E-state index contributed by atoms with van der Waals surface area (Å²) in [7, 11) is 4.80. The van der Waals surface area contributed by atoms with E-state index < -0.39 is 0 Å². The smallest absolute Gasteiger partial charge is 0.161 e. The zero-order chi connectivity index (χ0) is 22.0. The number of halogens is 2. The predicted molar refractivity (Wildman–Crippen MR) is 123 cm³/mol. The van der Waals surface area contributed by atoms with Crippen molar-refractivity contribution in [3.63, 3.8) is 0 Å². The predicted octanol–water partition coefficient (Wildman–Crippen LogP) is 6.66. The largest absolute Gasteiger partial charge is 0.497 e. The molecule has 0 aliphatic carbocycles. The highest BCUT2D eigenvalue weighted by atomic mass is 35.5. The number of ether oxygens (including phenoxy) is 3. The summed E-state index contributed by atoms with van der Waals surface area (Å²) in [6, 6.07) is 18.3. The monoisotopic (exact) mass is 455 g/mol. The molecule has 0 saturated carbocycles. The van der Waals surface area contributed by atoms with Gasteiger partial charge in [-0.15, -0.1) is 0 Å². The summed E-state index contributed by atoms with van der Waals surface area (Å²) >= 11 is 12.6. The summed E-state index contributed by atoms with van der Waals surface area (Å²) < 4.78 is 22.3. The Morgan fingerprint density at radius 3 is 2.35 bits per heavy atom. The van der Waals surface area contributed by atoms with Gasteiger partial charge in [-0.3, -0.25) is 0 Å². The van der Waals surface area contributed by atoms with Crippen molar-refractivity contribution >= 4 is 39.9 Å². The Morgan fingerprint density at radius 1 is 0.806 bits per heavy atom. The lowest BCUT2D eigenvalue weighted by atomic mass is 10.1. The van der Waals surface area contributed by atoms with Crippen LogP contribution in [0.5, 0.6) is 17.2 Å². The minimum absolute atomic E-state index is 0.383. The molecule has 0 spiro atoms. The first-order valence-electron chi connectivity index (χ1n) is 9.37. The van der Waals surface area contributed by atoms with E-state index in [1.54, 1.807) is 39.5 Å². The molecule has 0 radical (unpaired) electrons. The van der Waals surface area contributed by atoms with Crippen LogP contribution in [-0.4, -0.2) is 21.3 Å². The third-order valence-electron chi connectivity index (χ3n) is 4.79. The highest BCUT2D eigenvalue weighted by Gasteiger charge is 2.12. The molecule has 0 aliphatic rings. The number of hydrogen-bond acceptors (Lipinski definition) is 5. The van der Waals surface area contributed by atoms with Crippen molar-refractivity contribution in [2.75, 3.05) is 21.3 Å². The van der Waals surface area contributed by atoms with Crippen LogP contribution in [-0.2, 0) is 0 Å². The molecule has 4 rings (SSSR count). The van der Waals surface area contributed by atoms with E-state index in [2.05, 4.69) is 0 Å². The average molecular weight is 456 g/mol. The first kappa shape index (κ1) is 21.1. The highest BCUT2D eigenvalue weighted by Crippen LogP contribution is 2.34. The second-order valence-electron chi connectivity index (χ2n) is 6.61. The zero-order valence-electron chi connectivity index (χ0n) is 17.1. The molecule has 3 aromatic carbocycles. The lowest BCUT2D eigenvalue weighted by Crippen LogP contribution is -2.04. The van der Waals surface area contributed by atoms with Gasteiger partial charge in [-0.05, 0) is 48.5 Å². The number of benzene rings is 3. The van der Waals surface area contributed by atoms with Crippen LogP contribution in [0.2, 0.25) is 10.0 Å². The maximum absolute atomic E-state index is 6.38. The summed E-state index contributed by atoms with van der Waals surface area (Å²) in [6.07, 6.45) is 0. The van der Waals surface area contributed by atoms with E-state index in [0.29, 0.717) is 49.7 Å². The number of hydrogen-bond donors (Lipinski definition) is 0. The normalized spacial score (nSPS) is 11.6. The zero-order valence-corrected chi connectivity index (χ0v) is 18.6. The summed E-state index contributed by atoms with van der Waals surface area (Å²) in [5.41, 5.74) is 2.01. The molecule has 0 saturated heterocycles. The number of rotatable bonds is 5. The number of fused-ring (bicyclic) bond motifs is 1. The van der Waals surface area contributed by atoms with E-state index in [4.69, 9.17) is 46.8 Å². The molecule has 158 valence electrons. The second-order valence-corrected chi connectivity index (χ2v) is 7.40. The van der Waals surface area contributed by atoms with E-state index >= 15 is 0 Å². The molecule has 5 nitrogen and oxygen atoms in total. The molecule has 0 fully saturated rings. The molecule has 0 unspecified atom stereocenters. The van der Waals surface area contributed by atoms with Crippen molar-refractivity contribution in [1.82, 2.24) is 0 Å². The highest BCUT2D eigenvalue weighted by molar-refractivity contribution is 6.43.